The zero-order valence-electron chi connectivity index (χ0n) is 21.1. The molecule has 0 fully saturated rings. The first-order valence-corrected chi connectivity index (χ1v) is 13.3. The predicted molar refractivity (Wildman–Crippen MR) is 142 cm³/mol. The van der Waals surface area contributed by atoms with Crippen LogP contribution in [-0.2, 0) is 21.9 Å². The fourth-order valence-electron chi connectivity index (χ4n) is 4.84. The molecule has 0 amide bonds. The standard InChI is InChI=1S/C29H26N2O6S/c1-19-4-14-24(15-5-19)38(34,35)31-26-18-29(20-6-10-22(36-2)11-7-20,21-8-12-23(37-3)13-9-21)17-16-25(26)27(30-31)28(32)33/h4-17H,18H2,1-3H3,(H,32,33). The van der Waals surface area contributed by atoms with Crippen LogP contribution in [0, 0.1) is 6.92 Å². The summed E-state index contributed by atoms with van der Waals surface area (Å²) in [6.45, 7) is 1.86. The summed E-state index contributed by atoms with van der Waals surface area (Å²) < 4.78 is 39.1. The molecule has 0 unspecified atom stereocenters. The van der Waals surface area contributed by atoms with Gasteiger partial charge in [-0.15, -0.1) is 5.10 Å². The molecule has 38 heavy (non-hydrogen) atoms. The second-order valence-electron chi connectivity index (χ2n) is 9.11. The topological polar surface area (TPSA) is 108 Å². The van der Waals surface area contributed by atoms with Crippen molar-refractivity contribution in [1.82, 2.24) is 9.19 Å². The molecule has 0 saturated carbocycles. The summed E-state index contributed by atoms with van der Waals surface area (Å²) in [7, 11) is -1.00. The second kappa shape index (κ2) is 9.50. The molecule has 1 aliphatic carbocycles. The van der Waals surface area contributed by atoms with Crippen molar-refractivity contribution in [3.8, 4) is 11.5 Å². The number of nitrogens with zero attached hydrogens (tertiary/aromatic N) is 2. The molecule has 0 atom stereocenters. The number of fused-ring (bicyclic) bond motifs is 1. The third kappa shape index (κ3) is 4.14. The van der Waals surface area contributed by atoms with Gasteiger partial charge in [-0.2, -0.15) is 12.5 Å². The van der Waals surface area contributed by atoms with Gasteiger partial charge in [0.05, 0.1) is 24.8 Å². The van der Waals surface area contributed by atoms with Crippen LogP contribution in [0.3, 0.4) is 0 Å². The lowest BCUT2D eigenvalue weighted by Crippen LogP contribution is -2.32. The molecule has 8 nitrogen and oxygen atoms in total. The number of aromatic nitrogens is 2. The van der Waals surface area contributed by atoms with Crippen molar-refractivity contribution in [3.63, 3.8) is 0 Å². The van der Waals surface area contributed by atoms with E-state index in [2.05, 4.69) is 5.10 Å². The minimum atomic E-state index is -4.18. The van der Waals surface area contributed by atoms with Gasteiger partial charge in [-0.1, -0.05) is 54.1 Å². The molecule has 1 aliphatic rings. The van der Waals surface area contributed by atoms with Crippen LogP contribution in [0.5, 0.6) is 11.5 Å². The molecule has 0 aliphatic heterocycles. The molecule has 1 heterocycles. The first-order valence-electron chi connectivity index (χ1n) is 11.9. The maximum Gasteiger partial charge on any atom is 0.357 e. The van der Waals surface area contributed by atoms with Crippen LogP contribution < -0.4 is 9.47 Å². The zero-order chi connectivity index (χ0) is 27.1. The number of hydrogen-bond acceptors (Lipinski definition) is 6. The highest BCUT2D eigenvalue weighted by Crippen LogP contribution is 2.43. The van der Waals surface area contributed by atoms with Crippen molar-refractivity contribution < 1.29 is 27.8 Å². The monoisotopic (exact) mass is 530 g/mol. The van der Waals surface area contributed by atoms with Gasteiger partial charge in [0.2, 0.25) is 0 Å². The minimum absolute atomic E-state index is 0.0272. The van der Waals surface area contributed by atoms with E-state index in [0.717, 1.165) is 20.8 Å². The van der Waals surface area contributed by atoms with Gasteiger partial charge in [-0.05, 0) is 54.4 Å². The fourth-order valence-corrected chi connectivity index (χ4v) is 6.16. The maximum atomic E-state index is 13.8. The molecule has 5 rings (SSSR count). The smallest absolute Gasteiger partial charge is 0.357 e. The summed E-state index contributed by atoms with van der Waals surface area (Å²) in [4.78, 5) is 12.1. The second-order valence-corrected chi connectivity index (χ2v) is 10.9. The van der Waals surface area contributed by atoms with Crippen LogP contribution >= 0.6 is 0 Å². The number of methoxy groups -OCH3 is 2. The number of aryl methyl sites for hydroxylation is 1. The van der Waals surface area contributed by atoms with Crippen LogP contribution in [0.4, 0.5) is 0 Å². The molecule has 3 aromatic carbocycles. The molecule has 0 saturated heterocycles. The van der Waals surface area contributed by atoms with E-state index in [4.69, 9.17) is 9.47 Å². The Labute approximate surface area is 220 Å². The molecular formula is C29H26N2O6S. The lowest BCUT2D eigenvalue weighted by atomic mass is 9.68. The molecule has 9 heteroatoms. The third-order valence-electron chi connectivity index (χ3n) is 6.93. The van der Waals surface area contributed by atoms with Crippen LogP contribution in [-0.4, -0.2) is 42.9 Å². The summed E-state index contributed by atoms with van der Waals surface area (Å²) in [6.07, 6.45) is 3.73. The number of rotatable bonds is 7. The van der Waals surface area contributed by atoms with Gasteiger partial charge in [0.1, 0.15) is 11.5 Å². The highest BCUT2D eigenvalue weighted by molar-refractivity contribution is 7.89. The Morgan fingerprint density at radius 1 is 0.895 bits per heavy atom. The molecule has 0 spiro atoms. The van der Waals surface area contributed by atoms with Crippen LogP contribution in [0.25, 0.3) is 6.08 Å². The Balaban J connectivity index is 1.74. The quantitative estimate of drug-likeness (QED) is 0.369. The number of allylic oxidation sites excluding steroid dienone is 1. The van der Waals surface area contributed by atoms with E-state index in [1.165, 1.54) is 12.1 Å². The molecule has 0 bridgehead atoms. The van der Waals surface area contributed by atoms with Gasteiger partial charge in [0, 0.05) is 17.4 Å². The first-order chi connectivity index (χ1) is 18.2. The number of carboxylic acids is 1. The SMILES string of the molecule is COc1ccc(C2(c3ccc(OC)cc3)C=Cc3c(C(=O)O)nn(S(=O)(=O)c4ccc(C)cc4)c3C2)cc1. The molecule has 1 aromatic heterocycles. The van der Waals surface area contributed by atoms with Crippen molar-refractivity contribution in [2.75, 3.05) is 14.2 Å². The maximum absolute atomic E-state index is 13.8. The largest absolute Gasteiger partial charge is 0.497 e. The molecule has 4 aromatic rings. The predicted octanol–water partition coefficient (Wildman–Crippen LogP) is 4.70. The summed E-state index contributed by atoms with van der Waals surface area (Å²) >= 11 is 0. The van der Waals surface area contributed by atoms with E-state index in [0.29, 0.717) is 11.5 Å². The third-order valence-corrected chi connectivity index (χ3v) is 8.55. The van der Waals surface area contributed by atoms with E-state index >= 15 is 0 Å². The van der Waals surface area contributed by atoms with Gasteiger partial charge >= 0.3 is 5.97 Å². The van der Waals surface area contributed by atoms with Gasteiger partial charge in [0.15, 0.2) is 5.69 Å². The molecule has 0 radical (unpaired) electrons. The number of benzene rings is 3. The van der Waals surface area contributed by atoms with Crippen molar-refractivity contribution in [2.24, 2.45) is 0 Å². The van der Waals surface area contributed by atoms with Crippen molar-refractivity contribution in [2.45, 2.75) is 23.7 Å². The lowest BCUT2D eigenvalue weighted by Gasteiger charge is -2.35. The number of carboxylic acid groups (broad SMARTS) is 1. The lowest BCUT2D eigenvalue weighted by molar-refractivity contribution is 0.0690. The number of carbonyl (C=O) groups is 1. The number of aromatic carboxylic acids is 1. The van der Waals surface area contributed by atoms with E-state index in [9.17, 15) is 18.3 Å². The Morgan fingerprint density at radius 2 is 1.42 bits per heavy atom. The Bertz CT molecular complexity index is 1590. The van der Waals surface area contributed by atoms with Crippen LogP contribution in [0.1, 0.15) is 38.4 Å². The summed E-state index contributed by atoms with van der Waals surface area (Å²) in [6, 6.07) is 21.4. The minimum Gasteiger partial charge on any atom is -0.497 e. The Morgan fingerprint density at radius 3 is 1.89 bits per heavy atom. The normalized spacial score (nSPS) is 14.1. The highest BCUT2D eigenvalue weighted by atomic mass is 32.2. The average molecular weight is 531 g/mol. The van der Waals surface area contributed by atoms with E-state index < -0.39 is 21.4 Å². The van der Waals surface area contributed by atoms with E-state index in [1.54, 1.807) is 32.4 Å². The van der Waals surface area contributed by atoms with Gasteiger partial charge < -0.3 is 14.6 Å². The Kier molecular flexibility index (Phi) is 6.32. The van der Waals surface area contributed by atoms with Gasteiger partial charge in [-0.25, -0.2) is 4.79 Å². The summed E-state index contributed by atoms with van der Waals surface area (Å²) in [5.41, 5.74) is 2.08. The van der Waals surface area contributed by atoms with Gasteiger partial charge in [-0.3, -0.25) is 0 Å². The number of ether oxygens (including phenoxy) is 2. The average Bonchev–Trinajstić information content (AvgIpc) is 3.33. The highest BCUT2D eigenvalue weighted by Gasteiger charge is 2.40. The summed E-state index contributed by atoms with van der Waals surface area (Å²) in [5, 5.41) is 14.0. The first kappa shape index (κ1) is 25.3. The Hall–Kier alpha value is -4.37. The van der Waals surface area contributed by atoms with E-state index in [1.807, 2.05) is 61.5 Å². The molecule has 194 valence electrons. The molecular weight excluding hydrogens is 504 g/mol. The summed E-state index contributed by atoms with van der Waals surface area (Å²) in [5.74, 6) is 0.0590. The molecule has 1 N–H and O–H groups in total. The fraction of sp³-hybridized carbons (Fsp3) is 0.172. The van der Waals surface area contributed by atoms with Crippen LogP contribution in [0.2, 0.25) is 0 Å². The zero-order valence-corrected chi connectivity index (χ0v) is 21.9. The van der Waals surface area contributed by atoms with Gasteiger partial charge in [0.25, 0.3) is 10.0 Å². The number of hydrogen-bond donors (Lipinski definition) is 1. The van der Waals surface area contributed by atoms with Crippen molar-refractivity contribution in [1.29, 1.82) is 0 Å². The van der Waals surface area contributed by atoms with E-state index in [-0.39, 0.29) is 28.3 Å². The van der Waals surface area contributed by atoms with Crippen molar-refractivity contribution >= 4 is 22.1 Å². The van der Waals surface area contributed by atoms with Crippen LogP contribution in [0.15, 0.2) is 83.8 Å². The van der Waals surface area contributed by atoms with Crippen molar-refractivity contribution in [3.05, 3.63) is 113 Å².